The Morgan fingerprint density at radius 1 is 1.29 bits per heavy atom. The SMILES string of the molecule is NC(=O)CN(C(=O)Cn1cc(N)ccc1=O)C1CCCC1. The molecule has 2 rings (SSSR count). The summed E-state index contributed by atoms with van der Waals surface area (Å²) >= 11 is 0. The highest BCUT2D eigenvalue weighted by molar-refractivity contribution is 5.84. The van der Waals surface area contributed by atoms with Crippen molar-refractivity contribution in [3.8, 4) is 0 Å². The van der Waals surface area contributed by atoms with E-state index in [4.69, 9.17) is 11.5 Å². The normalized spacial score (nSPS) is 15.0. The summed E-state index contributed by atoms with van der Waals surface area (Å²) in [5.41, 5.74) is 11.0. The molecular weight excluding hydrogens is 272 g/mol. The predicted octanol–water partition coefficient (Wildman–Crippen LogP) is -0.313. The van der Waals surface area contributed by atoms with E-state index in [-0.39, 0.29) is 30.6 Å². The Kier molecular flexibility index (Phi) is 4.62. The van der Waals surface area contributed by atoms with Gasteiger partial charge in [-0.05, 0) is 18.9 Å². The van der Waals surface area contributed by atoms with Crippen molar-refractivity contribution >= 4 is 17.5 Å². The van der Waals surface area contributed by atoms with Crippen LogP contribution in [0, 0.1) is 0 Å². The van der Waals surface area contributed by atoms with E-state index in [1.807, 2.05) is 0 Å². The third-order valence-electron chi connectivity index (χ3n) is 3.72. The third-order valence-corrected chi connectivity index (χ3v) is 3.72. The van der Waals surface area contributed by atoms with Gasteiger partial charge in [-0.25, -0.2) is 0 Å². The minimum atomic E-state index is -0.546. The van der Waals surface area contributed by atoms with Gasteiger partial charge < -0.3 is 20.9 Å². The summed E-state index contributed by atoms with van der Waals surface area (Å²) in [6.45, 7) is -0.242. The Hall–Kier alpha value is -2.31. The topological polar surface area (TPSA) is 111 Å². The van der Waals surface area contributed by atoms with E-state index in [0.29, 0.717) is 5.69 Å². The number of nitrogens with two attached hydrogens (primary N) is 2. The lowest BCUT2D eigenvalue weighted by atomic mass is 10.2. The number of primary amides is 1. The zero-order valence-electron chi connectivity index (χ0n) is 11.8. The standard InChI is InChI=1S/C14H20N4O3/c15-10-5-6-13(20)17(7-10)9-14(21)18(8-12(16)19)11-3-1-2-4-11/h5-7,11H,1-4,8-9,15H2,(H2,16,19). The van der Waals surface area contributed by atoms with Crippen LogP contribution in [0.4, 0.5) is 5.69 Å². The molecule has 0 unspecified atom stereocenters. The van der Waals surface area contributed by atoms with Crippen molar-refractivity contribution in [1.29, 1.82) is 0 Å². The van der Waals surface area contributed by atoms with E-state index in [2.05, 4.69) is 0 Å². The molecule has 1 saturated carbocycles. The molecule has 1 aliphatic carbocycles. The second kappa shape index (κ2) is 6.43. The first-order valence-corrected chi connectivity index (χ1v) is 7.01. The summed E-state index contributed by atoms with van der Waals surface area (Å²) in [4.78, 5) is 36.8. The number of aromatic nitrogens is 1. The van der Waals surface area contributed by atoms with E-state index in [9.17, 15) is 14.4 Å². The minimum absolute atomic E-state index is 0.0294. The van der Waals surface area contributed by atoms with Crippen molar-refractivity contribution in [3.63, 3.8) is 0 Å². The van der Waals surface area contributed by atoms with Gasteiger partial charge in [0.05, 0.1) is 6.54 Å². The summed E-state index contributed by atoms with van der Waals surface area (Å²) in [5, 5.41) is 0. The molecule has 1 aliphatic rings. The number of pyridine rings is 1. The first-order chi connectivity index (χ1) is 9.97. The monoisotopic (exact) mass is 292 g/mol. The van der Waals surface area contributed by atoms with E-state index in [1.165, 1.54) is 27.8 Å². The number of nitrogens with zero attached hydrogens (tertiary/aromatic N) is 2. The Morgan fingerprint density at radius 2 is 1.95 bits per heavy atom. The predicted molar refractivity (Wildman–Crippen MR) is 78.3 cm³/mol. The van der Waals surface area contributed by atoms with Crippen LogP contribution >= 0.6 is 0 Å². The van der Waals surface area contributed by atoms with Gasteiger partial charge in [-0.2, -0.15) is 0 Å². The number of hydrogen-bond donors (Lipinski definition) is 2. The molecule has 114 valence electrons. The Labute approximate surface area is 122 Å². The van der Waals surface area contributed by atoms with Gasteiger partial charge in [0, 0.05) is 24.0 Å². The lowest BCUT2D eigenvalue weighted by molar-refractivity contribution is -0.138. The lowest BCUT2D eigenvalue weighted by Crippen LogP contribution is -2.46. The molecule has 0 spiro atoms. The fourth-order valence-corrected chi connectivity index (χ4v) is 2.71. The first kappa shape index (κ1) is 15.1. The summed E-state index contributed by atoms with van der Waals surface area (Å²) in [7, 11) is 0. The van der Waals surface area contributed by atoms with Crippen LogP contribution in [0.5, 0.6) is 0 Å². The van der Waals surface area contributed by atoms with E-state index in [0.717, 1.165) is 25.7 Å². The van der Waals surface area contributed by atoms with Crippen molar-refractivity contribution in [2.24, 2.45) is 5.73 Å². The Balaban J connectivity index is 2.15. The fourth-order valence-electron chi connectivity index (χ4n) is 2.71. The highest BCUT2D eigenvalue weighted by Crippen LogP contribution is 2.23. The van der Waals surface area contributed by atoms with Crippen molar-refractivity contribution in [2.75, 3.05) is 12.3 Å². The van der Waals surface area contributed by atoms with Crippen LogP contribution in [0.1, 0.15) is 25.7 Å². The number of hydrogen-bond acceptors (Lipinski definition) is 4. The minimum Gasteiger partial charge on any atom is -0.398 e. The van der Waals surface area contributed by atoms with Gasteiger partial charge in [-0.1, -0.05) is 12.8 Å². The van der Waals surface area contributed by atoms with Gasteiger partial charge in [0.15, 0.2) is 0 Å². The van der Waals surface area contributed by atoms with E-state index >= 15 is 0 Å². The van der Waals surface area contributed by atoms with E-state index in [1.54, 1.807) is 0 Å². The van der Waals surface area contributed by atoms with Crippen molar-refractivity contribution in [3.05, 3.63) is 28.7 Å². The maximum Gasteiger partial charge on any atom is 0.251 e. The van der Waals surface area contributed by atoms with Crippen molar-refractivity contribution in [2.45, 2.75) is 38.3 Å². The molecule has 0 aromatic carbocycles. The van der Waals surface area contributed by atoms with Gasteiger partial charge in [0.1, 0.15) is 6.54 Å². The lowest BCUT2D eigenvalue weighted by Gasteiger charge is -2.28. The zero-order valence-corrected chi connectivity index (χ0v) is 11.8. The molecule has 7 nitrogen and oxygen atoms in total. The van der Waals surface area contributed by atoms with Crippen molar-refractivity contribution < 1.29 is 9.59 Å². The Morgan fingerprint density at radius 3 is 2.57 bits per heavy atom. The molecule has 1 heterocycles. The van der Waals surface area contributed by atoms with Crippen LogP contribution in [0.2, 0.25) is 0 Å². The quantitative estimate of drug-likeness (QED) is 0.775. The molecule has 1 fully saturated rings. The zero-order chi connectivity index (χ0) is 15.4. The second-order valence-corrected chi connectivity index (χ2v) is 5.35. The van der Waals surface area contributed by atoms with Gasteiger partial charge in [0.2, 0.25) is 11.8 Å². The van der Waals surface area contributed by atoms with Crippen molar-refractivity contribution in [1.82, 2.24) is 9.47 Å². The smallest absolute Gasteiger partial charge is 0.251 e. The molecule has 0 radical (unpaired) electrons. The molecule has 7 heteroatoms. The summed E-state index contributed by atoms with van der Waals surface area (Å²) < 4.78 is 1.25. The molecule has 1 aromatic heterocycles. The average molecular weight is 292 g/mol. The molecular formula is C14H20N4O3. The number of rotatable bonds is 5. The molecule has 4 N–H and O–H groups in total. The van der Waals surface area contributed by atoms with Crippen LogP contribution in [0.15, 0.2) is 23.1 Å². The third kappa shape index (κ3) is 3.84. The maximum atomic E-state index is 12.4. The molecule has 0 saturated heterocycles. The number of nitrogen functional groups attached to an aromatic ring is 1. The van der Waals surface area contributed by atoms with Gasteiger partial charge in [-0.3, -0.25) is 14.4 Å². The largest absolute Gasteiger partial charge is 0.398 e. The second-order valence-electron chi connectivity index (χ2n) is 5.35. The highest BCUT2D eigenvalue weighted by atomic mass is 16.2. The molecule has 0 bridgehead atoms. The maximum absolute atomic E-state index is 12.4. The molecule has 21 heavy (non-hydrogen) atoms. The van der Waals surface area contributed by atoms with Crippen LogP contribution < -0.4 is 17.0 Å². The van der Waals surface area contributed by atoms with Gasteiger partial charge in [-0.15, -0.1) is 0 Å². The molecule has 1 aromatic rings. The van der Waals surface area contributed by atoms with Crippen LogP contribution in [-0.4, -0.2) is 33.9 Å². The summed E-state index contributed by atoms with van der Waals surface area (Å²) in [5.74, 6) is -0.830. The van der Waals surface area contributed by atoms with Crippen LogP contribution in [0.3, 0.4) is 0 Å². The number of carbonyl (C=O) groups excluding carboxylic acids is 2. The first-order valence-electron chi connectivity index (χ1n) is 7.01. The van der Waals surface area contributed by atoms with E-state index < -0.39 is 5.91 Å². The average Bonchev–Trinajstić information content (AvgIpc) is 2.93. The molecule has 0 atom stereocenters. The Bertz CT molecular complexity index is 590. The number of amides is 2. The number of carbonyl (C=O) groups is 2. The molecule has 2 amide bonds. The fraction of sp³-hybridized carbons (Fsp3) is 0.500. The summed E-state index contributed by atoms with van der Waals surface area (Å²) in [6, 6.07) is 2.83. The summed E-state index contributed by atoms with van der Waals surface area (Å²) in [6.07, 6.45) is 5.23. The molecule has 0 aliphatic heterocycles. The van der Waals surface area contributed by atoms with Gasteiger partial charge >= 0.3 is 0 Å². The van der Waals surface area contributed by atoms with Crippen LogP contribution in [-0.2, 0) is 16.1 Å². The highest BCUT2D eigenvalue weighted by Gasteiger charge is 2.27. The van der Waals surface area contributed by atoms with Crippen LogP contribution in [0.25, 0.3) is 0 Å². The number of anilines is 1. The van der Waals surface area contributed by atoms with Gasteiger partial charge in [0.25, 0.3) is 5.56 Å².